The summed E-state index contributed by atoms with van der Waals surface area (Å²) in [5.74, 6) is 2.18. The van der Waals surface area contributed by atoms with E-state index >= 15 is 0 Å². The van der Waals surface area contributed by atoms with Gasteiger partial charge in [-0.1, -0.05) is 54.7 Å². The van der Waals surface area contributed by atoms with Crippen LogP contribution < -0.4 is 4.90 Å². The summed E-state index contributed by atoms with van der Waals surface area (Å²) in [6, 6.07) is 5.03. The molecule has 2 heterocycles. The van der Waals surface area contributed by atoms with Crippen LogP contribution in [0.3, 0.4) is 0 Å². The van der Waals surface area contributed by atoms with Crippen molar-refractivity contribution in [2.45, 2.75) is 44.1 Å². The van der Waals surface area contributed by atoms with Crippen LogP contribution >= 0.6 is 0 Å². The fourth-order valence-corrected chi connectivity index (χ4v) is 6.11. The number of hydrogen-bond donors (Lipinski definition) is 0. The Morgan fingerprint density at radius 3 is 2.87 bits per heavy atom. The smallest absolute Gasteiger partial charge is 0.144 e. The van der Waals surface area contributed by atoms with Gasteiger partial charge in [-0.05, 0) is 55.9 Å². The molecule has 148 valence electrons. The highest BCUT2D eigenvalue weighted by molar-refractivity contribution is 6.05. The number of anilines is 1. The zero-order valence-corrected chi connectivity index (χ0v) is 17.1. The Morgan fingerprint density at radius 2 is 1.93 bits per heavy atom. The quantitative estimate of drug-likeness (QED) is 0.475. The number of rotatable bonds is 1. The average Bonchev–Trinajstić information content (AvgIpc) is 3.35. The summed E-state index contributed by atoms with van der Waals surface area (Å²) in [5, 5.41) is 1.28. The summed E-state index contributed by atoms with van der Waals surface area (Å²) in [5.41, 5.74) is 7.89. The lowest BCUT2D eigenvalue weighted by Crippen LogP contribution is -2.31. The number of furan rings is 1. The van der Waals surface area contributed by atoms with Gasteiger partial charge in [0.2, 0.25) is 0 Å². The molecule has 2 aromatic rings. The third-order valence-corrected chi connectivity index (χ3v) is 7.48. The highest BCUT2D eigenvalue weighted by Gasteiger charge is 2.39. The van der Waals surface area contributed by atoms with Crippen LogP contribution in [0.2, 0.25) is 0 Å². The van der Waals surface area contributed by atoms with E-state index in [1.807, 2.05) is 0 Å². The fraction of sp³-hybridized carbons (Fsp3) is 0.286. The Labute approximate surface area is 177 Å². The van der Waals surface area contributed by atoms with Crippen molar-refractivity contribution in [3.63, 3.8) is 0 Å². The SMILES string of the molecule is C1=CCCC(N2c3ccc4c5c(oc4c3C3=CC=CCC32)C2CCC=C[C@@H]2C=C5)=C1. The van der Waals surface area contributed by atoms with Crippen LogP contribution in [0.25, 0.3) is 22.6 Å². The van der Waals surface area contributed by atoms with E-state index < -0.39 is 0 Å². The minimum Gasteiger partial charge on any atom is -0.459 e. The van der Waals surface area contributed by atoms with Gasteiger partial charge in [-0.3, -0.25) is 0 Å². The predicted molar refractivity (Wildman–Crippen MR) is 124 cm³/mol. The maximum absolute atomic E-state index is 6.78. The number of hydrogen-bond acceptors (Lipinski definition) is 2. The maximum Gasteiger partial charge on any atom is 0.144 e. The molecule has 0 amide bonds. The summed E-state index contributed by atoms with van der Waals surface area (Å²) in [7, 11) is 0. The molecule has 2 unspecified atom stereocenters. The molecular weight excluding hydrogens is 366 g/mol. The van der Waals surface area contributed by atoms with E-state index in [1.165, 1.54) is 45.7 Å². The first-order valence-corrected chi connectivity index (χ1v) is 11.4. The molecule has 1 aromatic carbocycles. The summed E-state index contributed by atoms with van der Waals surface area (Å²) in [6.45, 7) is 0. The molecule has 1 aliphatic heterocycles. The van der Waals surface area contributed by atoms with Gasteiger partial charge in [-0.2, -0.15) is 0 Å². The molecule has 0 spiro atoms. The number of fused-ring (bicyclic) bond motifs is 9. The second kappa shape index (κ2) is 6.25. The molecule has 2 heteroatoms. The molecule has 0 N–H and O–H groups in total. The van der Waals surface area contributed by atoms with Crippen molar-refractivity contribution < 1.29 is 4.42 Å². The molecule has 4 aliphatic carbocycles. The molecule has 7 rings (SSSR count). The summed E-state index contributed by atoms with van der Waals surface area (Å²) in [6.07, 6.45) is 28.6. The van der Waals surface area contributed by atoms with Crippen molar-refractivity contribution in [1.29, 1.82) is 0 Å². The van der Waals surface area contributed by atoms with Gasteiger partial charge in [0, 0.05) is 34.0 Å². The van der Waals surface area contributed by atoms with Crippen LogP contribution in [0.15, 0.2) is 76.9 Å². The van der Waals surface area contributed by atoms with Crippen molar-refractivity contribution >= 4 is 28.3 Å². The van der Waals surface area contributed by atoms with Crippen LogP contribution in [0.5, 0.6) is 0 Å². The summed E-state index contributed by atoms with van der Waals surface area (Å²) >= 11 is 0. The zero-order valence-electron chi connectivity index (χ0n) is 17.1. The lowest BCUT2D eigenvalue weighted by molar-refractivity contribution is 0.420. The molecule has 0 saturated heterocycles. The Bertz CT molecular complexity index is 1250. The van der Waals surface area contributed by atoms with Gasteiger partial charge in [0.05, 0.1) is 11.7 Å². The lowest BCUT2D eigenvalue weighted by Gasteiger charge is -2.31. The second-order valence-electron chi connectivity index (χ2n) is 9.06. The molecule has 0 radical (unpaired) electrons. The van der Waals surface area contributed by atoms with Gasteiger partial charge >= 0.3 is 0 Å². The molecule has 30 heavy (non-hydrogen) atoms. The number of allylic oxidation sites excluding steroid dienone is 9. The van der Waals surface area contributed by atoms with Crippen molar-refractivity contribution in [3.8, 4) is 0 Å². The van der Waals surface area contributed by atoms with Gasteiger partial charge < -0.3 is 9.32 Å². The lowest BCUT2D eigenvalue weighted by atomic mass is 9.77. The minimum absolute atomic E-state index is 0.386. The van der Waals surface area contributed by atoms with Crippen molar-refractivity contribution in [1.82, 2.24) is 0 Å². The zero-order chi connectivity index (χ0) is 19.7. The first kappa shape index (κ1) is 16.8. The van der Waals surface area contributed by atoms with E-state index in [1.54, 1.807) is 0 Å². The van der Waals surface area contributed by atoms with Crippen LogP contribution in [-0.2, 0) is 0 Å². The monoisotopic (exact) mass is 391 g/mol. The summed E-state index contributed by atoms with van der Waals surface area (Å²) in [4.78, 5) is 2.58. The van der Waals surface area contributed by atoms with Crippen molar-refractivity contribution in [3.05, 3.63) is 89.4 Å². The first-order valence-electron chi connectivity index (χ1n) is 11.4. The van der Waals surface area contributed by atoms with Crippen LogP contribution in [0.1, 0.15) is 54.9 Å². The highest BCUT2D eigenvalue weighted by Crippen LogP contribution is 2.52. The normalized spacial score (nSPS) is 28.1. The molecule has 2 nitrogen and oxygen atoms in total. The third-order valence-electron chi connectivity index (χ3n) is 7.48. The molecule has 1 aromatic heterocycles. The first-order chi connectivity index (χ1) is 14.9. The molecule has 0 saturated carbocycles. The van der Waals surface area contributed by atoms with Gasteiger partial charge in [0.15, 0.2) is 0 Å². The van der Waals surface area contributed by atoms with E-state index in [-0.39, 0.29) is 0 Å². The maximum atomic E-state index is 6.78. The number of nitrogens with zero attached hydrogens (tertiary/aromatic N) is 1. The minimum atomic E-state index is 0.386. The van der Waals surface area contributed by atoms with E-state index in [0.29, 0.717) is 17.9 Å². The van der Waals surface area contributed by atoms with Gasteiger partial charge in [-0.25, -0.2) is 0 Å². The largest absolute Gasteiger partial charge is 0.459 e. The fourth-order valence-electron chi connectivity index (χ4n) is 6.11. The number of benzene rings is 1. The van der Waals surface area contributed by atoms with E-state index in [9.17, 15) is 0 Å². The Morgan fingerprint density at radius 1 is 0.967 bits per heavy atom. The Hall–Kier alpha value is -3.00. The van der Waals surface area contributed by atoms with Crippen LogP contribution in [0.4, 0.5) is 5.69 Å². The Kier molecular flexibility index (Phi) is 3.49. The molecule has 0 fully saturated rings. The second-order valence-corrected chi connectivity index (χ2v) is 9.06. The van der Waals surface area contributed by atoms with E-state index in [2.05, 4.69) is 77.8 Å². The molecular formula is C28H25NO. The Balaban J connectivity index is 1.47. The summed E-state index contributed by atoms with van der Waals surface area (Å²) < 4.78 is 6.78. The third kappa shape index (κ3) is 2.19. The molecule has 0 bridgehead atoms. The average molecular weight is 392 g/mol. The van der Waals surface area contributed by atoms with Crippen LogP contribution in [-0.4, -0.2) is 6.04 Å². The van der Waals surface area contributed by atoms with E-state index in [0.717, 1.165) is 31.3 Å². The predicted octanol–water partition coefficient (Wildman–Crippen LogP) is 7.28. The van der Waals surface area contributed by atoms with Gasteiger partial charge in [0.25, 0.3) is 0 Å². The van der Waals surface area contributed by atoms with Crippen LogP contribution in [0, 0.1) is 5.92 Å². The van der Waals surface area contributed by atoms with Gasteiger partial charge in [-0.15, -0.1) is 0 Å². The topological polar surface area (TPSA) is 16.4 Å². The standard InChI is InChI=1S/C28H25NO/c1-2-9-19(10-3-1)29-24-13-7-6-12-23(24)26-25(29)17-16-22-21-15-14-18-8-4-5-11-20(18)27(21)30-28(22)26/h1-2,4,6-9,12,14-18,20,24H,3,5,10-11,13H2/t18-,20?,24?/m1/s1. The molecule has 5 aliphatic rings. The van der Waals surface area contributed by atoms with Crippen molar-refractivity contribution in [2.24, 2.45) is 5.92 Å². The van der Waals surface area contributed by atoms with E-state index in [4.69, 9.17) is 4.42 Å². The van der Waals surface area contributed by atoms with Gasteiger partial charge in [0.1, 0.15) is 11.3 Å². The van der Waals surface area contributed by atoms with Crippen molar-refractivity contribution in [2.75, 3.05) is 4.90 Å². The highest BCUT2D eigenvalue weighted by atomic mass is 16.3. The molecule has 3 atom stereocenters.